The monoisotopic (exact) mass is 254 g/mol. The van der Waals surface area contributed by atoms with Crippen molar-refractivity contribution in [1.82, 2.24) is 20.0 Å². The second-order valence-electron chi connectivity index (χ2n) is 4.59. The molecule has 5 nitrogen and oxygen atoms in total. The molecule has 1 unspecified atom stereocenters. The zero-order chi connectivity index (χ0) is 13.4. The van der Waals surface area contributed by atoms with Crippen molar-refractivity contribution in [2.24, 2.45) is 7.05 Å². The van der Waals surface area contributed by atoms with Crippen LogP contribution in [0.1, 0.15) is 23.1 Å². The predicted octanol–water partition coefficient (Wildman–Crippen LogP) is 1.75. The number of rotatable bonds is 2. The van der Waals surface area contributed by atoms with Crippen LogP contribution in [-0.2, 0) is 7.05 Å². The highest BCUT2D eigenvalue weighted by Crippen LogP contribution is 2.24. The van der Waals surface area contributed by atoms with E-state index in [1.54, 1.807) is 17.9 Å². The van der Waals surface area contributed by atoms with Gasteiger partial charge in [0, 0.05) is 18.1 Å². The van der Waals surface area contributed by atoms with Gasteiger partial charge < -0.3 is 5.11 Å². The van der Waals surface area contributed by atoms with E-state index in [0.29, 0.717) is 5.69 Å². The molecule has 0 spiro atoms. The molecule has 96 valence electrons. The van der Waals surface area contributed by atoms with Crippen molar-refractivity contribution >= 4 is 10.9 Å². The molecule has 1 N–H and O–H groups in total. The van der Waals surface area contributed by atoms with E-state index < -0.39 is 6.10 Å². The van der Waals surface area contributed by atoms with Crippen molar-refractivity contribution in [3.8, 4) is 0 Å². The van der Waals surface area contributed by atoms with Gasteiger partial charge in [-0.15, -0.1) is 5.10 Å². The molecule has 0 amide bonds. The minimum absolute atomic E-state index is 0.666. The maximum atomic E-state index is 10.4. The van der Waals surface area contributed by atoms with Crippen LogP contribution in [0.4, 0.5) is 0 Å². The Morgan fingerprint density at radius 3 is 2.79 bits per heavy atom. The molecule has 0 aliphatic carbocycles. The highest BCUT2D eigenvalue weighted by Gasteiger charge is 2.15. The van der Waals surface area contributed by atoms with Gasteiger partial charge in [0.2, 0.25) is 0 Å². The van der Waals surface area contributed by atoms with Crippen LogP contribution < -0.4 is 0 Å². The number of pyridine rings is 1. The van der Waals surface area contributed by atoms with E-state index in [4.69, 9.17) is 0 Å². The van der Waals surface area contributed by atoms with Crippen molar-refractivity contribution in [3.05, 3.63) is 53.5 Å². The fraction of sp³-hybridized carbons (Fsp3) is 0.214. The third kappa shape index (κ3) is 2.08. The SMILES string of the molecule is Cc1ccc2cc(C(O)c3cnnn3C)ccc2n1. The minimum Gasteiger partial charge on any atom is -0.382 e. The average Bonchev–Trinajstić information content (AvgIpc) is 2.83. The van der Waals surface area contributed by atoms with Gasteiger partial charge in [0.1, 0.15) is 6.10 Å². The second-order valence-corrected chi connectivity index (χ2v) is 4.59. The second kappa shape index (κ2) is 4.44. The molecule has 5 heteroatoms. The molecule has 2 aromatic heterocycles. The standard InChI is InChI=1S/C14H14N4O/c1-9-3-4-10-7-11(5-6-12(10)16-9)14(19)13-8-15-17-18(13)2/h3-8,14,19H,1-2H3. The normalized spacial score (nSPS) is 12.8. The van der Waals surface area contributed by atoms with Gasteiger partial charge in [-0.05, 0) is 30.7 Å². The van der Waals surface area contributed by atoms with E-state index in [9.17, 15) is 5.11 Å². The first-order valence-corrected chi connectivity index (χ1v) is 6.05. The number of aliphatic hydroxyl groups excluding tert-OH is 1. The van der Waals surface area contributed by atoms with Gasteiger partial charge >= 0.3 is 0 Å². The Balaban J connectivity index is 2.06. The zero-order valence-corrected chi connectivity index (χ0v) is 10.8. The lowest BCUT2D eigenvalue weighted by Crippen LogP contribution is -2.06. The summed E-state index contributed by atoms with van der Waals surface area (Å²) in [5, 5.41) is 19.0. The summed E-state index contributed by atoms with van der Waals surface area (Å²) in [5.74, 6) is 0. The van der Waals surface area contributed by atoms with Gasteiger partial charge in [-0.2, -0.15) is 0 Å². The topological polar surface area (TPSA) is 63.8 Å². The number of hydrogen-bond acceptors (Lipinski definition) is 4. The van der Waals surface area contributed by atoms with Crippen molar-refractivity contribution in [2.75, 3.05) is 0 Å². The van der Waals surface area contributed by atoms with Gasteiger partial charge in [0.25, 0.3) is 0 Å². The molecule has 1 aromatic carbocycles. The van der Waals surface area contributed by atoms with Crippen molar-refractivity contribution in [1.29, 1.82) is 0 Å². The number of benzene rings is 1. The molecule has 0 saturated heterocycles. The summed E-state index contributed by atoms with van der Waals surface area (Å²) in [6, 6.07) is 9.72. The van der Waals surface area contributed by atoms with Crippen LogP contribution in [0.15, 0.2) is 36.5 Å². The molecule has 0 aliphatic heterocycles. The zero-order valence-electron chi connectivity index (χ0n) is 10.8. The molecular weight excluding hydrogens is 240 g/mol. The van der Waals surface area contributed by atoms with Crippen LogP contribution in [-0.4, -0.2) is 25.1 Å². The number of hydrogen-bond donors (Lipinski definition) is 1. The molecule has 19 heavy (non-hydrogen) atoms. The molecule has 3 rings (SSSR count). The highest BCUT2D eigenvalue weighted by molar-refractivity contribution is 5.79. The lowest BCUT2D eigenvalue weighted by molar-refractivity contribution is 0.210. The molecule has 3 aromatic rings. The van der Waals surface area contributed by atoms with Crippen LogP contribution >= 0.6 is 0 Å². The van der Waals surface area contributed by atoms with Gasteiger partial charge in [-0.25, -0.2) is 4.68 Å². The lowest BCUT2D eigenvalue weighted by atomic mass is 10.0. The fourth-order valence-corrected chi connectivity index (χ4v) is 2.13. The summed E-state index contributed by atoms with van der Waals surface area (Å²) in [4.78, 5) is 4.44. The van der Waals surface area contributed by atoms with E-state index >= 15 is 0 Å². The van der Waals surface area contributed by atoms with Gasteiger partial charge in [-0.1, -0.05) is 17.3 Å². The maximum absolute atomic E-state index is 10.4. The van der Waals surface area contributed by atoms with Crippen molar-refractivity contribution in [3.63, 3.8) is 0 Å². The van der Waals surface area contributed by atoms with Crippen LogP contribution in [0.5, 0.6) is 0 Å². The number of aliphatic hydroxyl groups is 1. The van der Waals surface area contributed by atoms with Crippen LogP contribution in [0, 0.1) is 6.92 Å². The molecule has 0 bridgehead atoms. The number of aromatic nitrogens is 4. The summed E-state index contributed by atoms with van der Waals surface area (Å²) in [6.45, 7) is 1.96. The average molecular weight is 254 g/mol. The smallest absolute Gasteiger partial charge is 0.122 e. The Morgan fingerprint density at radius 2 is 2.05 bits per heavy atom. The van der Waals surface area contributed by atoms with Crippen LogP contribution in [0.2, 0.25) is 0 Å². The largest absolute Gasteiger partial charge is 0.382 e. The molecule has 0 fully saturated rings. The Bertz CT molecular complexity index is 735. The molecular formula is C14H14N4O. The quantitative estimate of drug-likeness (QED) is 0.756. The lowest BCUT2D eigenvalue weighted by Gasteiger charge is -2.11. The molecule has 0 aliphatic rings. The van der Waals surface area contributed by atoms with E-state index in [1.165, 1.54) is 0 Å². The van der Waals surface area contributed by atoms with E-state index in [-0.39, 0.29) is 0 Å². The van der Waals surface area contributed by atoms with Crippen molar-refractivity contribution in [2.45, 2.75) is 13.0 Å². The summed E-state index contributed by atoms with van der Waals surface area (Å²) in [5.41, 5.74) is 3.39. The van der Waals surface area contributed by atoms with E-state index in [2.05, 4.69) is 15.3 Å². The first kappa shape index (κ1) is 11.8. The van der Waals surface area contributed by atoms with E-state index in [0.717, 1.165) is 22.2 Å². The Hall–Kier alpha value is -2.27. The summed E-state index contributed by atoms with van der Waals surface area (Å²) < 4.78 is 1.57. The van der Waals surface area contributed by atoms with Gasteiger partial charge in [0.05, 0.1) is 17.4 Å². The Morgan fingerprint density at radius 1 is 1.21 bits per heavy atom. The third-order valence-corrected chi connectivity index (χ3v) is 3.20. The first-order valence-electron chi connectivity index (χ1n) is 6.05. The van der Waals surface area contributed by atoms with Crippen LogP contribution in [0.3, 0.4) is 0 Å². The minimum atomic E-state index is -0.731. The maximum Gasteiger partial charge on any atom is 0.122 e. The number of nitrogens with zero attached hydrogens (tertiary/aromatic N) is 4. The third-order valence-electron chi connectivity index (χ3n) is 3.20. The molecule has 0 saturated carbocycles. The fourth-order valence-electron chi connectivity index (χ4n) is 2.13. The summed E-state index contributed by atoms with van der Waals surface area (Å²) in [6.07, 6.45) is 0.841. The van der Waals surface area contributed by atoms with Crippen LogP contribution in [0.25, 0.3) is 10.9 Å². The first-order chi connectivity index (χ1) is 9.15. The molecule has 1 atom stereocenters. The Labute approximate surface area is 110 Å². The number of fused-ring (bicyclic) bond motifs is 1. The predicted molar refractivity (Wildman–Crippen MR) is 71.5 cm³/mol. The summed E-state index contributed by atoms with van der Waals surface area (Å²) in [7, 11) is 1.76. The Kier molecular flexibility index (Phi) is 2.76. The molecule has 2 heterocycles. The highest BCUT2D eigenvalue weighted by atomic mass is 16.3. The summed E-state index contributed by atoms with van der Waals surface area (Å²) >= 11 is 0. The molecule has 0 radical (unpaired) electrons. The number of aryl methyl sites for hydroxylation is 2. The van der Waals surface area contributed by atoms with Gasteiger partial charge in [0.15, 0.2) is 0 Å². The van der Waals surface area contributed by atoms with E-state index in [1.807, 2.05) is 37.3 Å². The van der Waals surface area contributed by atoms with Crippen molar-refractivity contribution < 1.29 is 5.11 Å². The van der Waals surface area contributed by atoms with Gasteiger partial charge in [-0.3, -0.25) is 4.98 Å².